The van der Waals surface area contributed by atoms with Crippen molar-refractivity contribution in [3.05, 3.63) is 24.3 Å². The summed E-state index contributed by atoms with van der Waals surface area (Å²) < 4.78 is 24.5. The first kappa shape index (κ1) is 16.0. The zero-order valence-corrected chi connectivity index (χ0v) is 12.8. The minimum atomic E-state index is -2.42. The summed E-state index contributed by atoms with van der Waals surface area (Å²) in [4.78, 5) is 14.8. The van der Waals surface area contributed by atoms with Gasteiger partial charge in [0.15, 0.2) is 5.11 Å². The van der Waals surface area contributed by atoms with E-state index in [1.54, 1.807) is 29.2 Å². The number of thioether (sulfide) groups is 1. The van der Waals surface area contributed by atoms with Crippen molar-refractivity contribution in [2.75, 3.05) is 31.5 Å². The fraction of sp³-hybridized carbons (Fsp3) is 0.385. The van der Waals surface area contributed by atoms with Gasteiger partial charge in [-0.3, -0.25) is 4.79 Å². The lowest BCUT2D eigenvalue weighted by Gasteiger charge is -2.34. The van der Waals surface area contributed by atoms with Gasteiger partial charge in [-0.25, -0.2) is 0 Å². The van der Waals surface area contributed by atoms with Gasteiger partial charge >= 0.3 is 0 Å². The smallest absolute Gasteiger partial charge is 0.288 e. The molecule has 1 aliphatic rings. The first-order valence-electron chi connectivity index (χ1n) is 6.38. The third-order valence-corrected chi connectivity index (χ3v) is 4.16. The minimum Gasteiger partial charge on any atom is -0.345 e. The largest absolute Gasteiger partial charge is 0.345 e. The van der Waals surface area contributed by atoms with E-state index < -0.39 is 5.76 Å². The number of carbonyl (C=O) groups is 1. The first-order valence-corrected chi connectivity index (χ1v) is 7.67. The van der Waals surface area contributed by atoms with Crippen molar-refractivity contribution in [1.29, 1.82) is 0 Å². The Balaban J connectivity index is 1.86. The van der Waals surface area contributed by atoms with E-state index >= 15 is 0 Å². The molecule has 8 heteroatoms. The van der Waals surface area contributed by atoms with Gasteiger partial charge in [0.1, 0.15) is 0 Å². The Morgan fingerprint density at radius 1 is 1.24 bits per heavy atom. The molecule has 0 radical (unpaired) electrons. The summed E-state index contributed by atoms with van der Waals surface area (Å²) in [5.41, 5.74) is 0.761. The zero-order valence-electron chi connectivity index (χ0n) is 11.2. The molecule has 0 aliphatic carbocycles. The molecule has 1 amide bonds. The number of nitrogens with one attached hydrogen (secondary N) is 1. The fourth-order valence-corrected chi connectivity index (χ4v) is 2.75. The van der Waals surface area contributed by atoms with Crippen molar-refractivity contribution in [2.45, 2.75) is 10.7 Å². The fourth-order valence-electron chi connectivity index (χ4n) is 1.95. The first-order chi connectivity index (χ1) is 10.1. The number of piperazine rings is 1. The second-order valence-corrected chi connectivity index (χ2v) is 5.91. The van der Waals surface area contributed by atoms with Gasteiger partial charge in [0.2, 0.25) is 6.41 Å². The average Bonchev–Trinajstić information content (AvgIpc) is 2.49. The number of anilines is 1. The molecule has 4 nitrogen and oxygen atoms in total. The average molecular weight is 331 g/mol. The normalized spacial score (nSPS) is 15.2. The van der Waals surface area contributed by atoms with Crippen LogP contribution in [0.1, 0.15) is 0 Å². The summed E-state index contributed by atoms with van der Waals surface area (Å²) in [6.45, 7) is 2.67. The Labute approximate surface area is 131 Å². The number of hydrogen-bond acceptors (Lipinski definition) is 3. The molecule has 2 rings (SSSR count). The van der Waals surface area contributed by atoms with E-state index in [4.69, 9.17) is 12.2 Å². The molecule has 114 valence electrons. The SMILES string of the molecule is O=CN1CCN(C(=S)Nc2ccc(SC(F)F)cc2)CC1. The molecule has 1 saturated heterocycles. The lowest BCUT2D eigenvalue weighted by atomic mass is 10.3. The van der Waals surface area contributed by atoms with Crippen LogP contribution in [0.3, 0.4) is 0 Å². The molecule has 1 N–H and O–H groups in total. The second kappa shape index (κ2) is 7.56. The Morgan fingerprint density at radius 2 is 1.86 bits per heavy atom. The highest BCUT2D eigenvalue weighted by Gasteiger charge is 2.17. The molecule has 0 bridgehead atoms. The number of nitrogens with zero attached hydrogens (tertiary/aromatic N) is 2. The number of carbonyl (C=O) groups excluding carboxylic acids is 1. The summed E-state index contributed by atoms with van der Waals surface area (Å²) >= 11 is 5.83. The molecule has 0 unspecified atom stereocenters. The van der Waals surface area contributed by atoms with Gasteiger partial charge in [0, 0.05) is 36.8 Å². The van der Waals surface area contributed by atoms with E-state index in [0.717, 1.165) is 12.1 Å². The Bertz CT molecular complexity index is 491. The minimum absolute atomic E-state index is 0.514. The van der Waals surface area contributed by atoms with Gasteiger partial charge in [-0.05, 0) is 36.5 Å². The number of thiocarbonyl (C=S) groups is 1. The maximum absolute atomic E-state index is 12.2. The third kappa shape index (κ3) is 4.82. The van der Waals surface area contributed by atoms with Crippen LogP contribution in [0.2, 0.25) is 0 Å². The quantitative estimate of drug-likeness (QED) is 0.521. The number of amides is 1. The molecule has 0 atom stereocenters. The van der Waals surface area contributed by atoms with Gasteiger partial charge in [-0.2, -0.15) is 8.78 Å². The van der Waals surface area contributed by atoms with E-state index in [1.807, 2.05) is 4.90 Å². The molecule has 1 aromatic rings. The molecule has 0 aromatic heterocycles. The summed E-state index contributed by atoms with van der Waals surface area (Å²) in [5.74, 6) is -2.42. The molecular weight excluding hydrogens is 316 g/mol. The van der Waals surface area contributed by atoms with Crippen LogP contribution in [0, 0.1) is 0 Å². The van der Waals surface area contributed by atoms with Crippen molar-refractivity contribution in [1.82, 2.24) is 9.80 Å². The van der Waals surface area contributed by atoms with Crippen LogP contribution in [0.5, 0.6) is 0 Å². The van der Waals surface area contributed by atoms with Gasteiger partial charge in [0.05, 0.1) is 0 Å². The predicted octanol–water partition coefficient (Wildman–Crippen LogP) is 2.47. The molecule has 0 spiro atoms. The lowest BCUT2D eigenvalue weighted by Crippen LogP contribution is -2.49. The standard InChI is InChI=1S/C13H15F2N3OS2/c14-12(15)21-11-3-1-10(2-4-11)16-13(20)18-7-5-17(9-19)6-8-18/h1-4,9,12H,5-8H2,(H,16,20). The summed E-state index contributed by atoms with van der Waals surface area (Å²) in [6.07, 6.45) is 0.840. The summed E-state index contributed by atoms with van der Waals surface area (Å²) in [7, 11) is 0. The van der Waals surface area contributed by atoms with E-state index in [0.29, 0.717) is 47.9 Å². The molecule has 0 saturated carbocycles. The number of rotatable bonds is 4. The molecular formula is C13H15F2N3OS2. The molecule has 1 fully saturated rings. The van der Waals surface area contributed by atoms with Crippen LogP contribution in [0.15, 0.2) is 29.2 Å². The van der Waals surface area contributed by atoms with Crippen LogP contribution < -0.4 is 5.32 Å². The third-order valence-electron chi connectivity index (χ3n) is 3.08. The highest BCUT2D eigenvalue weighted by Crippen LogP contribution is 2.26. The van der Waals surface area contributed by atoms with Crippen molar-refractivity contribution >= 4 is 41.2 Å². The highest BCUT2D eigenvalue weighted by atomic mass is 32.2. The van der Waals surface area contributed by atoms with E-state index in [9.17, 15) is 13.6 Å². The van der Waals surface area contributed by atoms with Crippen LogP contribution in [0.25, 0.3) is 0 Å². The summed E-state index contributed by atoms with van der Waals surface area (Å²) in [6, 6.07) is 6.70. The highest BCUT2D eigenvalue weighted by molar-refractivity contribution is 7.99. The Morgan fingerprint density at radius 3 is 2.38 bits per heavy atom. The van der Waals surface area contributed by atoms with Crippen LogP contribution in [0.4, 0.5) is 14.5 Å². The van der Waals surface area contributed by atoms with Crippen LogP contribution in [-0.4, -0.2) is 53.3 Å². The Hall–Kier alpha value is -1.41. The lowest BCUT2D eigenvalue weighted by molar-refractivity contribution is -0.119. The number of hydrogen-bond donors (Lipinski definition) is 1. The van der Waals surface area contributed by atoms with Crippen LogP contribution >= 0.6 is 24.0 Å². The van der Waals surface area contributed by atoms with E-state index in [-0.39, 0.29) is 0 Å². The van der Waals surface area contributed by atoms with Crippen molar-refractivity contribution in [3.8, 4) is 0 Å². The maximum Gasteiger partial charge on any atom is 0.288 e. The zero-order chi connectivity index (χ0) is 15.2. The second-order valence-electron chi connectivity index (χ2n) is 4.46. The topological polar surface area (TPSA) is 35.6 Å². The van der Waals surface area contributed by atoms with Gasteiger partial charge < -0.3 is 15.1 Å². The molecule has 21 heavy (non-hydrogen) atoms. The van der Waals surface area contributed by atoms with Gasteiger partial charge in [-0.15, -0.1) is 0 Å². The van der Waals surface area contributed by atoms with Crippen molar-refractivity contribution < 1.29 is 13.6 Å². The maximum atomic E-state index is 12.2. The number of alkyl halides is 2. The van der Waals surface area contributed by atoms with Crippen molar-refractivity contribution in [3.63, 3.8) is 0 Å². The molecule has 1 heterocycles. The van der Waals surface area contributed by atoms with Gasteiger partial charge in [-0.1, -0.05) is 11.8 Å². The van der Waals surface area contributed by atoms with Gasteiger partial charge in [0.25, 0.3) is 5.76 Å². The van der Waals surface area contributed by atoms with Crippen LogP contribution in [-0.2, 0) is 4.79 Å². The summed E-state index contributed by atoms with van der Waals surface area (Å²) in [5, 5.41) is 3.66. The van der Waals surface area contributed by atoms with E-state index in [2.05, 4.69) is 5.32 Å². The van der Waals surface area contributed by atoms with Crippen molar-refractivity contribution in [2.24, 2.45) is 0 Å². The van der Waals surface area contributed by atoms with E-state index in [1.165, 1.54) is 0 Å². The number of benzene rings is 1. The Kier molecular flexibility index (Phi) is 5.75. The molecule has 1 aliphatic heterocycles. The molecule has 1 aromatic carbocycles. The number of halogens is 2. The predicted molar refractivity (Wildman–Crippen MR) is 83.7 cm³/mol. The monoisotopic (exact) mass is 331 g/mol.